The van der Waals surface area contributed by atoms with Gasteiger partial charge < -0.3 is 9.64 Å². The number of amides is 3. The lowest BCUT2D eigenvalue weighted by Crippen LogP contribution is -2.34. The Morgan fingerprint density at radius 1 is 0.933 bits per heavy atom. The van der Waals surface area contributed by atoms with Gasteiger partial charge in [0.2, 0.25) is 0 Å². The van der Waals surface area contributed by atoms with Crippen LogP contribution in [-0.4, -0.2) is 59.7 Å². The largest absolute Gasteiger partial charge is 0.452 e. The van der Waals surface area contributed by atoms with Gasteiger partial charge in [-0.15, -0.1) is 0 Å². The number of nitrogens with zero attached hydrogens (tertiary/aromatic N) is 2. The van der Waals surface area contributed by atoms with Crippen LogP contribution in [0.3, 0.4) is 0 Å². The summed E-state index contributed by atoms with van der Waals surface area (Å²) in [6.07, 6.45) is 0.550. The summed E-state index contributed by atoms with van der Waals surface area (Å²) >= 11 is 0. The van der Waals surface area contributed by atoms with Gasteiger partial charge in [-0.1, -0.05) is 30.3 Å². The molecule has 3 rings (SSSR count). The van der Waals surface area contributed by atoms with E-state index in [9.17, 15) is 19.2 Å². The van der Waals surface area contributed by atoms with Crippen molar-refractivity contribution in [1.82, 2.24) is 9.80 Å². The van der Waals surface area contributed by atoms with Gasteiger partial charge in [0.15, 0.2) is 6.61 Å². The molecule has 7 nitrogen and oxygen atoms in total. The number of carbonyl (C=O) groups is 4. The van der Waals surface area contributed by atoms with Crippen molar-refractivity contribution in [2.45, 2.75) is 20.3 Å². The lowest BCUT2D eigenvalue weighted by atomic mass is 10.1. The smallest absolute Gasteiger partial charge is 0.338 e. The fraction of sp³-hybridized carbons (Fsp3) is 0.304. The van der Waals surface area contributed by atoms with Gasteiger partial charge in [0, 0.05) is 19.6 Å². The van der Waals surface area contributed by atoms with Crippen molar-refractivity contribution in [2.24, 2.45) is 0 Å². The number of hydrogen-bond acceptors (Lipinski definition) is 5. The Labute approximate surface area is 175 Å². The number of imide groups is 1. The van der Waals surface area contributed by atoms with E-state index in [-0.39, 0.29) is 41.7 Å². The van der Waals surface area contributed by atoms with Crippen molar-refractivity contribution in [3.8, 4) is 0 Å². The quantitative estimate of drug-likeness (QED) is 0.495. The Morgan fingerprint density at radius 2 is 1.60 bits per heavy atom. The molecule has 7 heteroatoms. The Kier molecular flexibility index (Phi) is 6.61. The molecule has 0 unspecified atom stereocenters. The number of esters is 1. The van der Waals surface area contributed by atoms with Crippen molar-refractivity contribution in [2.75, 3.05) is 26.2 Å². The number of benzene rings is 2. The summed E-state index contributed by atoms with van der Waals surface area (Å²) in [5.74, 6) is -1.79. The number of ether oxygens (including phenoxy) is 1. The standard InChI is InChI=1S/C23H24N2O5/c1-3-24(4-2)20(26)15-30-23(29)17-10-11-18-19(14-17)22(28)25(21(18)27)13-12-16-8-6-5-7-9-16/h5-11,14H,3-4,12-13,15H2,1-2H3. The lowest BCUT2D eigenvalue weighted by molar-refractivity contribution is -0.134. The van der Waals surface area contributed by atoms with E-state index in [2.05, 4.69) is 0 Å². The highest BCUT2D eigenvalue weighted by atomic mass is 16.5. The maximum absolute atomic E-state index is 12.7. The van der Waals surface area contributed by atoms with Crippen molar-refractivity contribution in [3.63, 3.8) is 0 Å². The van der Waals surface area contributed by atoms with Gasteiger partial charge in [-0.2, -0.15) is 0 Å². The molecule has 0 saturated heterocycles. The monoisotopic (exact) mass is 408 g/mol. The zero-order valence-electron chi connectivity index (χ0n) is 17.1. The summed E-state index contributed by atoms with van der Waals surface area (Å²) in [6, 6.07) is 13.8. The first-order valence-electron chi connectivity index (χ1n) is 9.95. The van der Waals surface area contributed by atoms with Crippen LogP contribution in [-0.2, 0) is 16.0 Å². The first kappa shape index (κ1) is 21.2. The van der Waals surface area contributed by atoms with Crippen LogP contribution in [0.15, 0.2) is 48.5 Å². The zero-order chi connectivity index (χ0) is 21.7. The van der Waals surface area contributed by atoms with Crippen LogP contribution in [0.5, 0.6) is 0 Å². The molecule has 0 fully saturated rings. The molecule has 30 heavy (non-hydrogen) atoms. The number of rotatable bonds is 8. The van der Waals surface area contributed by atoms with Crippen molar-refractivity contribution < 1.29 is 23.9 Å². The maximum Gasteiger partial charge on any atom is 0.338 e. The fourth-order valence-corrected chi connectivity index (χ4v) is 3.38. The molecule has 156 valence electrons. The molecule has 1 aliphatic rings. The molecule has 0 radical (unpaired) electrons. The molecule has 0 atom stereocenters. The second kappa shape index (κ2) is 9.35. The van der Waals surface area contributed by atoms with Crippen LogP contribution in [0.25, 0.3) is 0 Å². The summed E-state index contributed by atoms with van der Waals surface area (Å²) in [5, 5.41) is 0. The predicted molar refractivity (Wildman–Crippen MR) is 110 cm³/mol. The van der Waals surface area contributed by atoms with E-state index < -0.39 is 11.9 Å². The average Bonchev–Trinajstić information content (AvgIpc) is 3.01. The average molecular weight is 408 g/mol. The molecule has 2 aromatic carbocycles. The summed E-state index contributed by atoms with van der Waals surface area (Å²) in [7, 11) is 0. The SMILES string of the molecule is CCN(CC)C(=O)COC(=O)c1ccc2c(c1)C(=O)N(CCc1ccccc1)C2=O. The molecule has 0 bridgehead atoms. The van der Waals surface area contributed by atoms with Crippen LogP contribution in [0, 0.1) is 0 Å². The molecular weight excluding hydrogens is 384 g/mol. The van der Waals surface area contributed by atoms with Gasteiger partial charge in [-0.25, -0.2) is 4.79 Å². The lowest BCUT2D eigenvalue weighted by Gasteiger charge is -2.18. The Bertz CT molecular complexity index is 967. The molecule has 2 aromatic rings. The van der Waals surface area contributed by atoms with Crippen LogP contribution in [0.1, 0.15) is 50.5 Å². The highest BCUT2D eigenvalue weighted by molar-refractivity contribution is 6.22. The number of likely N-dealkylation sites (N-methyl/N-ethyl adjacent to an activating group) is 1. The summed E-state index contributed by atoms with van der Waals surface area (Å²) < 4.78 is 5.09. The second-order valence-corrected chi connectivity index (χ2v) is 6.90. The molecule has 0 spiro atoms. The van der Waals surface area contributed by atoms with E-state index in [0.29, 0.717) is 19.5 Å². The van der Waals surface area contributed by atoms with E-state index in [1.165, 1.54) is 23.1 Å². The minimum atomic E-state index is -0.707. The van der Waals surface area contributed by atoms with Crippen molar-refractivity contribution in [3.05, 3.63) is 70.8 Å². The van der Waals surface area contributed by atoms with Gasteiger partial charge in [0.25, 0.3) is 17.7 Å². The predicted octanol–water partition coefficient (Wildman–Crippen LogP) is 2.55. The second-order valence-electron chi connectivity index (χ2n) is 6.90. The molecule has 1 heterocycles. The molecular formula is C23H24N2O5. The molecule has 0 N–H and O–H groups in total. The third-order valence-electron chi connectivity index (χ3n) is 5.12. The molecule has 0 aromatic heterocycles. The topological polar surface area (TPSA) is 84.0 Å². The molecule has 3 amide bonds. The number of hydrogen-bond donors (Lipinski definition) is 0. The van der Waals surface area contributed by atoms with Gasteiger partial charge in [0.05, 0.1) is 16.7 Å². The summed E-state index contributed by atoms with van der Waals surface area (Å²) in [4.78, 5) is 52.4. The normalized spacial score (nSPS) is 12.7. The maximum atomic E-state index is 12.7. The Morgan fingerprint density at radius 3 is 2.27 bits per heavy atom. The summed E-state index contributed by atoms with van der Waals surface area (Å²) in [5.41, 5.74) is 1.60. The highest BCUT2D eigenvalue weighted by Gasteiger charge is 2.35. The first-order valence-corrected chi connectivity index (χ1v) is 9.95. The van der Waals surface area contributed by atoms with Crippen molar-refractivity contribution >= 4 is 23.7 Å². The third kappa shape index (κ3) is 4.40. The fourth-order valence-electron chi connectivity index (χ4n) is 3.38. The van der Waals surface area contributed by atoms with E-state index in [4.69, 9.17) is 4.74 Å². The van der Waals surface area contributed by atoms with Crippen LogP contribution in [0.2, 0.25) is 0 Å². The number of fused-ring (bicyclic) bond motifs is 1. The first-order chi connectivity index (χ1) is 14.5. The van der Waals surface area contributed by atoms with E-state index in [0.717, 1.165) is 5.56 Å². The van der Waals surface area contributed by atoms with E-state index in [1.807, 2.05) is 44.2 Å². The number of carbonyl (C=O) groups excluding carboxylic acids is 4. The highest BCUT2D eigenvalue weighted by Crippen LogP contribution is 2.24. The van der Waals surface area contributed by atoms with Crippen LogP contribution >= 0.6 is 0 Å². The Hall–Kier alpha value is -3.48. The van der Waals surface area contributed by atoms with Gasteiger partial charge in [0.1, 0.15) is 0 Å². The molecule has 0 saturated carbocycles. The Balaban J connectivity index is 1.67. The van der Waals surface area contributed by atoms with Crippen LogP contribution in [0.4, 0.5) is 0 Å². The van der Waals surface area contributed by atoms with Crippen LogP contribution < -0.4 is 0 Å². The summed E-state index contributed by atoms with van der Waals surface area (Å²) in [6.45, 7) is 4.64. The van der Waals surface area contributed by atoms with E-state index in [1.54, 1.807) is 4.90 Å². The minimum absolute atomic E-state index is 0.132. The third-order valence-corrected chi connectivity index (χ3v) is 5.12. The van der Waals surface area contributed by atoms with Gasteiger partial charge in [-0.3, -0.25) is 19.3 Å². The molecule has 1 aliphatic heterocycles. The van der Waals surface area contributed by atoms with Gasteiger partial charge >= 0.3 is 5.97 Å². The minimum Gasteiger partial charge on any atom is -0.452 e. The van der Waals surface area contributed by atoms with Gasteiger partial charge in [-0.05, 0) is 44.0 Å². The molecule has 0 aliphatic carbocycles. The van der Waals surface area contributed by atoms with Crippen molar-refractivity contribution in [1.29, 1.82) is 0 Å². The van der Waals surface area contributed by atoms with E-state index >= 15 is 0 Å². The zero-order valence-corrected chi connectivity index (χ0v) is 17.1.